The largest absolute Gasteiger partial charge is 0.367 e. The van der Waals surface area contributed by atoms with Gasteiger partial charge in [-0.15, -0.1) is 0 Å². The van der Waals surface area contributed by atoms with E-state index in [4.69, 9.17) is 0 Å². The molecule has 152 valence electrons. The van der Waals surface area contributed by atoms with E-state index in [1.54, 1.807) is 0 Å². The van der Waals surface area contributed by atoms with Crippen molar-refractivity contribution < 1.29 is 4.79 Å². The minimum Gasteiger partial charge on any atom is -0.367 e. The Bertz CT molecular complexity index is 1040. The van der Waals surface area contributed by atoms with Crippen molar-refractivity contribution in [1.29, 1.82) is 5.26 Å². The predicted molar refractivity (Wildman–Crippen MR) is 110 cm³/mol. The number of rotatable bonds is 5. The summed E-state index contributed by atoms with van der Waals surface area (Å²) < 4.78 is 2.22. The number of hydrogen-bond acceptors (Lipinski definition) is 6. The molecule has 9 heteroatoms. The zero-order chi connectivity index (χ0) is 21.0. The highest BCUT2D eigenvalue weighted by molar-refractivity contribution is 5.92. The van der Waals surface area contributed by atoms with Gasteiger partial charge in [0.25, 0.3) is 5.56 Å². The number of piperidine rings is 1. The van der Waals surface area contributed by atoms with E-state index in [9.17, 15) is 19.6 Å². The third-order valence-electron chi connectivity index (χ3n) is 5.13. The Kier molecular flexibility index (Phi) is 6.14. The molecule has 3 rings (SSSR count). The first-order valence-electron chi connectivity index (χ1n) is 9.44. The van der Waals surface area contributed by atoms with Gasteiger partial charge in [0.2, 0.25) is 5.91 Å². The molecule has 2 N–H and O–H groups in total. The lowest BCUT2D eigenvalue weighted by Gasteiger charge is -2.32. The summed E-state index contributed by atoms with van der Waals surface area (Å²) in [6.07, 6.45) is 1.46. The third-order valence-corrected chi connectivity index (χ3v) is 5.13. The number of nitrogens with zero attached hydrogens (tertiary/aromatic N) is 4. The fourth-order valence-electron chi connectivity index (χ4n) is 3.47. The normalized spacial score (nSPS) is 14.9. The standard InChI is InChI=1S/C20H24N6O3/c1-24-18(16(12-21)19(28)25(2)20(24)29)23-15-8-10-26(11-9-15)13-17(27)22-14-6-4-3-5-7-14/h3-7,15,23H,8-11,13H2,1-2H3,(H,22,27). The van der Waals surface area contributed by atoms with Crippen molar-refractivity contribution in [1.82, 2.24) is 14.0 Å². The van der Waals surface area contributed by atoms with E-state index in [1.165, 1.54) is 18.7 Å². The molecule has 1 fully saturated rings. The average Bonchev–Trinajstić information content (AvgIpc) is 2.72. The van der Waals surface area contributed by atoms with Crippen LogP contribution in [0.3, 0.4) is 0 Å². The van der Waals surface area contributed by atoms with Gasteiger partial charge in [0.15, 0.2) is 5.56 Å². The van der Waals surface area contributed by atoms with E-state index >= 15 is 0 Å². The average molecular weight is 396 g/mol. The van der Waals surface area contributed by atoms with Gasteiger partial charge in [-0.3, -0.25) is 23.6 Å². The highest BCUT2D eigenvalue weighted by Crippen LogP contribution is 2.17. The maximum absolute atomic E-state index is 12.2. The smallest absolute Gasteiger partial charge is 0.332 e. The summed E-state index contributed by atoms with van der Waals surface area (Å²) in [6.45, 7) is 1.69. The van der Waals surface area contributed by atoms with Crippen LogP contribution >= 0.6 is 0 Å². The number of likely N-dealkylation sites (tertiary alicyclic amines) is 1. The van der Waals surface area contributed by atoms with Gasteiger partial charge < -0.3 is 10.6 Å². The van der Waals surface area contributed by atoms with Gasteiger partial charge in [0, 0.05) is 38.9 Å². The number of nitrogens with one attached hydrogen (secondary N) is 2. The number of aromatic nitrogens is 2. The van der Waals surface area contributed by atoms with Crippen molar-refractivity contribution in [3.63, 3.8) is 0 Å². The first-order valence-corrected chi connectivity index (χ1v) is 9.44. The van der Waals surface area contributed by atoms with Crippen LogP contribution in [0.2, 0.25) is 0 Å². The minimum atomic E-state index is -0.604. The van der Waals surface area contributed by atoms with Gasteiger partial charge in [-0.05, 0) is 25.0 Å². The number of para-hydroxylation sites is 1. The van der Waals surface area contributed by atoms with Crippen molar-refractivity contribution in [3.8, 4) is 6.07 Å². The second-order valence-electron chi connectivity index (χ2n) is 7.15. The Balaban J connectivity index is 1.60. The van der Waals surface area contributed by atoms with Crippen molar-refractivity contribution >= 4 is 17.4 Å². The maximum atomic E-state index is 12.2. The summed E-state index contributed by atoms with van der Waals surface area (Å²) in [5.74, 6) is 0.184. The molecule has 2 aromatic rings. The molecule has 0 unspecified atom stereocenters. The predicted octanol–water partition coefficient (Wildman–Crippen LogP) is 0.471. The zero-order valence-electron chi connectivity index (χ0n) is 16.5. The van der Waals surface area contributed by atoms with Crippen LogP contribution in [0.25, 0.3) is 0 Å². The molecule has 0 radical (unpaired) electrons. The molecule has 1 aliphatic heterocycles. The summed E-state index contributed by atoms with van der Waals surface area (Å²) in [4.78, 5) is 38.6. The van der Waals surface area contributed by atoms with Gasteiger partial charge >= 0.3 is 5.69 Å². The minimum absolute atomic E-state index is 0.00763. The summed E-state index contributed by atoms with van der Waals surface area (Å²) in [7, 11) is 2.89. The van der Waals surface area contributed by atoms with E-state index in [2.05, 4.69) is 15.5 Å². The highest BCUT2D eigenvalue weighted by Gasteiger charge is 2.24. The Morgan fingerprint density at radius 2 is 1.79 bits per heavy atom. The molecule has 2 heterocycles. The molecular weight excluding hydrogens is 372 g/mol. The molecule has 1 saturated heterocycles. The monoisotopic (exact) mass is 396 g/mol. The molecule has 29 heavy (non-hydrogen) atoms. The van der Waals surface area contributed by atoms with Gasteiger partial charge in [0.05, 0.1) is 6.54 Å². The van der Waals surface area contributed by atoms with Gasteiger partial charge in [-0.25, -0.2) is 4.79 Å². The third kappa shape index (κ3) is 4.55. The van der Waals surface area contributed by atoms with Crippen LogP contribution in [-0.2, 0) is 18.9 Å². The summed E-state index contributed by atoms with van der Waals surface area (Å²) in [5.41, 5.74) is -0.386. The molecule has 0 spiro atoms. The summed E-state index contributed by atoms with van der Waals surface area (Å²) >= 11 is 0. The molecule has 0 atom stereocenters. The summed E-state index contributed by atoms with van der Waals surface area (Å²) in [6, 6.07) is 11.2. The van der Waals surface area contributed by atoms with Crippen LogP contribution < -0.4 is 21.9 Å². The summed E-state index contributed by atoms with van der Waals surface area (Å²) in [5, 5.41) is 15.4. The van der Waals surface area contributed by atoms with Crippen molar-refractivity contribution in [2.45, 2.75) is 18.9 Å². The van der Waals surface area contributed by atoms with Crippen LogP contribution in [0, 0.1) is 11.3 Å². The quantitative estimate of drug-likeness (QED) is 0.760. The Morgan fingerprint density at radius 1 is 1.14 bits per heavy atom. The molecular formula is C20H24N6O3. The zero-order valence-corrected chi connectivity index (χ0v) is 16.5. The molecule has 1 aliphatic rings. The molecule has 9 nitrogen and oxygen atoms in total. The lowest BCUT2D eigenvalue weighted by Crippen LogP contribution is -2.45. The highest BCUT2D eigenvalue weighted by atomic mass is 16.2. The van der Waals surface area contributed by atoms with Crippen LogP contribution in [0.4, 0.5) is 11.5 Å². The van der Waals surface area contributed by atoms with E-state index in [0.29, 0.717) is 19.6 Å². The SMILES string of the molecule is Cn1c(NC2CCN(CC(=O)Nc3ccccc3)CC2)c(C#N)c(=O)n(C)c1=O. The number of amides is 1. The van der Waals surface area contributed by atoms with Crippen LogP contribution in [-0.4, -0.2) is 45.6 Å². The van der Waals surface area contributed by atoms with Crippen LogP contribution in [0.5, 0.6) is 0 Å². The van der Waals surface area contributed by atoms with E-state index in [1.807, 2.05) is 36.4 Å². The second kappa shape index (κ2) is 8.75. The van der Waals surface area contributed by atoms with Gasteiger partial charge in [-0.2, -0.15) is 5.26 Å². The molecule has 0 saturated carbocycles. The van der Waals surface area contributed by atoms with Crippen molar-refractivity contribution in [2.24, 2.45) is 14.1 Å². The second-order valence-corrected chi connectivity index (χ2v) is 7.15. The lowest BCUT2D eigenvalue weighted by atomic mass is 10.0. The fourth-order valence-corrected chi connectivity index (χ4v) is 3.47. The number of benzene rings is 1. The van der Waals surface area contributed by atoms with Crippen LogP contribution in [0.1, 0.15) is 18.4 Å². The number of anilines is 2. The van der Waals surface area contributed by atoms with Gasteiger partial charge in [-0.1, -0.05) is 18.2 Å². The molecule has 0 aliphatic carbocycles. The van der Waals surface area contributed by atoms with Crippen molar-refractivity contribution in [2.75, 3.05) is 30.3 Å². The number of nitriles is 1. The number of carbonyl (C=O) groups is 1. The Hall–Kier alpha value is -3.38. The van der Waals surface area contributed by atoms with Crippen LogP contribution in [0.15, 0.2) is 39.9 Å². The Morgan fingerprint density at radius 3 is 2.41 bits per heavy atom. The molecule has 1 aromatic carbocycles. The number of hydrogen-bond donors (Lipinski definition) is 2. The van der Waals surface area contributed by atoms with Crippen molar-refractivity contribution in [3.05, 3.63) is 56.7 Å². The van der Waals surface area contributed by atoms with E-state index < -0.39 is 11.2 Å². The fraction of sp³-hybridized carbons (Fsp3) is 0.400. The van der Waals surface area contributed by atoms with E-state index in [0.717, 1.165) is 23.1 Å². The number of carbonyl (C=O) groups excluding carboxylic acids is 1. The lowest BCUT2D eigenvalue weighted by molar-refractivity contribution is -0.117. The molecule has 1 aromatic heterocycles. The first kappa shape index (κ1) is 20.4. The molecule has 1 amide bonds. The maximum Gasteiger partial charge on any atom is 0.332 e. The first-order chi connectivity index (χ1) is 13.9. The van der Waals surface area contributed by atoms with Gasteiger partial charge in [0.1, 0.15) is 11.9 Å². The molecule has 0 bridgehead atoms. The van der Waals surface area contributed by atoms with E-state index in [-0.39, 0.29) is 23.3 Å². The Labute approximate surface area is 168 Å². The topological polar surface area (TPSA) is 112 Å².